The fourth-order valence-electron chi connectivity index (χ4n) is 2.97. The van der Waals surface area contributed by atoms with Gasteiger partial charge in [0.25, 0.3) is 5.56 Å². The third-order valence-corrected chi connectivity index (χ3v) is 4.42. The van der Waals surface area contributed by atoms with Crippen LogP contribution in [0.25, 0.3) is 22.2 Å². The van der Waals surface area contributed by atoms with E-state index >= 15 is 0 Å². The van der Waals surface area contributed by atoms with Gasteiger partial charge in [0.05, 0.1) is 24.5 Å². The first-order valence-corrected chi connectivity index (χ1v) is 8.72. The van der Waals surface area contributed by atoms with Gasteiger partial charge in [0.2, 0.25) is 0 Å². The van der Waals surface area contributed by atoms with E-state index in [1.54, 1.807) is 25.4 Å². The number of benzene rings is 2. The number of nitrogens with zero attached hydrogens (tertiary/aromatic N) is 2. The van der Waals surface area contributed by atoms with Gasteiger partial charge in [0.1, 0.15) is 18.1 Å². The summed E-state index contributed by atoms with van der Waals surface area (Å²) in [6.45, 7) is 0.239. The summed E-state index contributed by atoms with van der Waals surface area (Å²) in [4.78, 5) is 22.4. The molecule has 0 saturated heterocycles. The maximum atomic E-state index is 12.4. The van der Waals surface area contributed by atoms with Crippen LogP contribution in [0.3, 0.4) is 0 Å². The summed E-state index contributed by atoms with van der Waals surface area (Å²) in [5, 5.41) is 10.8. The van der Waals surface area contributed by atoms with E-state index in [1.807, 2.05) is 48.5 Å². The highest BCUT2D eigenvalue weighted by Crippen LogP contribution is 2.28. The van der Waals surface area contributed by atoms with Crippen LogP contribution in [-0.4, -0.2) is 21.9 Å². The summed E-state index contributed by atoms with van der Waals surface area (Å²) in [5.41, 5.74) is 2.52. The van der Waals surface area contributed by atoms with Crippen LogP contribution in [0.1, 0.15) is 5.56 Å². The molecule has 6 heteroatoms. The molecule has 2 aromatic carbocycles. The molecule has 28 heavy (non-hydrogen) atoms. The predicted octanol–water partition coefficient (Wildman–Crippen LogP) is 3.41. The van der Waals surface area contributed by atoms with Crippen LogP contribution < -0.4 is 15.1 Å². The molecule has 140 valence electrons. The Morgan fingerprint density at radius 3 is 2.57 bits per heavy atom. The second-order valence-electron chi connectivity index (χ2n) is 6.24. The maximum absolute atomic E-state index is 12.4. The van der Waals surface area contributed by atoms with Crippen LogP contribution in [0.15, 0.2) is 77.7 Å². The zero-order valence-corrected chi connectivity index (χ0v) is 15.2. The molecule has 0 aliphatic heterocycles. The lowest BCUT2D eigenvalue weighted by molar-refractivity contribution is 0.0990. The maximum Gasteiger partial charge on any atom is 0.287 e. The number of hydrogen-bond donors (Lipinski definition) is 1. The molecule has 6 nitrogen and oxygen atoms in total. The largest absolute Gasteiger partial charge is 0.507 e. The van der Waals surface area contributed by atoms with E-state index in [4.69, 9.17) is 9.57 Å². The van der Waals surface area contributed by atoms with Crippen molar-refractivity contribution in [1.29, 1.82) is 0 Å². The average Bonchev–Trinajstić information content (AvgIpc) is 2.74. The monoisotopic (exact) mass is 374 g/mol. The molecule has 0 aliphatic carbocycles. The van der Waals surface area contributed by atoms with Crippen molar-refractivity contribution in [2.75, 3.05) is 7.11 Å². The number of aromatic nitrogens is 2. The molecule has 2 aromatic heterocycles. The van der Waals surface area contributed by atoms with E-state index in [0.717, 1.165) is 22.9 Å². The van der Waals surface area contributed by atoms with Crippen LogP contribution in [0, 0.1) is 0 Å². The van der Waals surface area contributed by atoms with Gasteiger partial charge in [0, 0.05) is 17.0 Å². The van der Waals surface area contributed by atoms with Gasteiger partial charge < -0.3 is 14.7 Å². The Morgan fingerprint density at radius 2 is 1.86 bits per heavy atom. The SMILES string of the molecule is COc1ccc(-c2ccc3c(c2)c(O)cc(=O)n3OCc2ccccc2)nc1. The lowest BCUT2D eigenvalue weighted by atomic mass is 10.1. The number of hydrogen-bond acceptors (Lipinski definition) is 5. The molecule has 1 N–H and O–H groups in total. The summed E-state index contributed by atoms with van der Waals surface area (Å²) in [6.07, 6.45) is 1.63. The van der Waals surface area contributed by atoms with Crippen molar-refractivity contribution in [3.05, 3.63) is 88.8 Å². The standard InChI is InChI=1S/C22H18N2O4/c1-27-17-8-9-19(23-13-17)16-7-10-20-18(11-16)21(25)12-22(26)24(20)28-14-15-5-3-2-4-6-15/h2-13,25H,14H2,1H3. The van der Waals surface area contributed by atoms with E-state index in [9.17, 15) is 9.90 Å². The van der Waals surface area contributed by atoms with Crippen LogP contribution in [-0.2, 0) is 6.61 Å². The second-order valence-corrected chi connectivity index (χ2v) is 6.24. The zero-order valence-electron chi connectivity index (χ0n) is 15.2. The first-order chi connectivity index (χ1) is 13.7. The molecular weight excluding hydrogens is 356 g/mol. The first kappa shape index (κ1) is 17.6. The fourth-order valence-corrected chi connectivity index (χ4v) is 2.97. The van der Waals surface area contributed by atoms with Crippen molar-refractivity contribution < 1.29 is 14.7 Å². The Morgan fingerprint density at radius 1 is 1.04 bits per heavy atom. The van der Waals surface area contributed by atoms with Crippen molar-refractivity contribution in [2.24, 2.45) is 0 Å². The Balaban J connectivity index is 1.73. The van der Waals surface area contributed by atoms with Gasteiger partial charge in [-0.05, 0) is 29.8 Å². The Hall–Kier alpha value is -3.80. The average molecular weight is 374 g/mol. The zero-order chi connectivity index (χ0) is 19.5. The highest BCUT2D eigenvalue weighted by molar-refractivity contribution is 5.88. The van der Waals surface area contributed by atoms with Crippen LogP contribution in [0.4, 0.5) is 0 Å². The van der Waals surface area contributed by atoms with Crippen LogP contribution in [0.2, 0.25) is 0 Å². The molecule has 0 radical (unpaired) electrons. The molecule has 4 aromatic rings. The molecule has 0 unspecified atom stereocenters. The number of methoxy groups -OCH3 is 1. The molecule has 4 rings (SSSR count). The van der Waals surface area contributed by atoms with E-state index in [2.05, 4.69) is 4.98 Å². The van der Waals surface area contributed by atoms with Gasteiger partial charge in [-0.15, -0.1) is 4.73 Å². The van der Waals surface area contributed by atoms with Crippen molar-refractivity contribution in [3.63, 3.8) is 0 Å². The van der Waals surface area contributed by atoms with Crippen molar-refractivity contribution in [3.8, 4) is 22.8 Å². The third kappa shape index (κ3) is 3.40. The molecule has 0 amide bonds. The summed E-state index contributed by atoms with van der Waals surface area (Å²) < 4.78 is 6.33. The predicted molar refractivity (Wildman–Crippen MR) is 106 cm³/mol. The summed E-state index contributed by atoms with van der Waals surface area (Å²) in [7, 11) is 1.58. The molecule has 0 spiro atoms. The molecule has 0 aliphatic rings. The third-order valence-electron chi connectivity index (χ3n) is 4.42. The van der Waals surface area contributed by atoms with Crippen molar-refractivity contribution in [1.82, 2.24) is 9.71 Å². The Kier molecular flexibility index (Phi) is 4.68. The first-order valence-electron chi connectivity index (χ1n) is 8.72. The highest BCUT2D eigenvalue weighted by atomic mass is 16.7. The Labute approximate surface area is 161 Å². The lowest BCUT2D eigenvalue weighted by Gasteiger charge is -2.13. The van der Waals surface area contributed by atoms with E-state index < -0.39 is 5.56 Å². The fraction of sp³-hybridized carbons (Fsp3) is 0.0909. The Bertz CT molecular complexity index is 1170. The van der Waals surface area contributed by atoms with Crippen LogP contribution >= 0.6 is 0 Å². The number of rotatable bonds is 5. The molecule has 0 bridgehead atoms. The number of fused-ring (bicyclic) bond motifs is 1. The molecule has 2 heterocycles. The summed E-state index contributed by atoms with van der Waals surface area (Å²) >= 11 is 0. The molecule has 0 fully saturated rings. The second kappa shape index (κ2) is 7.44. The van der Waals surface area contributed by atoms with Gasteiger partial charge in [-0.1, -0.05) is 36.4 Å². The summed E-state index contributed by atoms with van der Waals surface area (Å²) in [5.74, 6) is 0.561. The smallest absolute Gasteiger partial charge is 0.287 e. The topological polar surface area (TPSA) is 73.6 Å². The van der Waals surface area contributed by atoms with Gasteiger partial charge >= 0.3 is 0 Å². The number of pyridine rings is 2. The minimum atomic E-state index is -0.434. The normalized spacial score (nSPS) is 10.8. The minimum absolute atomic E-state index is 0.102. The van der Waals surface area contributed by atoms with E-state index in [-0.39, 0.29) is 12.4 Å². The van der Waals surface area contributed by atoms with Crippen molar-refractivity contribution >= 4 is 10.9 Å². The van der Waals surface area contributed by atoms with E-state index in [1.165, 1.54) is 4.73 Å². The van der Waals surface area contributed by atoms with Gasteiger partial charge in [0.15, 0.2) is 0 Å². The molecule has 0 atom stereocenters. The van der Waals surface area contributed by atoms with Crippen LogP contribution in [0.5, 0.6) is 11.5 Å². The quantitative estimate of drug-likeness (QED) is 0.580. The van der Waals surface area contributed by atoms with Gasteiger partial charge in [-0.3, -0.25) is 9.78 Å². The van der Waals surface area contributed by atoms with Gasteiger partial charge in [-0.2, -0.15) is 0 Å². The van der Waals surface area contributed by atoms with E-state index in [0.29, 0.717) is 16.7 Å². The van der Waals surface area contributed by atoms with Crippen molar-refractivity contribution in [2.45, 2.75) is 6.61 Å². The summed E-state index contributed by atoms with van der Waals surface area (Å²) in [6, 6.07) is 19.7. The molecular formula is C22H18N2O4. The minimum Gasteiger partial charge on any atom is -0.507 e. The molecule has 0 saturated carbocycles. The number of ether oxygens (including phenoxy) is 1. The van der Waals surface area contributed by atoms with Gasteiger partial charge in [-0.25, -0.2) is 0 Å². The highest BCUT2D eigenvalue weighted by Gasteiger charge is 2.12. The lowest BCUT2D eigenvalue weighted by Crippen LogP contribution is -2.26. The number of aromatic hydroxyl groups is 1.